The summed E-state index contributed by atoms with van der Waals surface area (Å²) in [6.45, 7) is 4.47. The van der Waals surface area contributed by atoms with Crippen LogP contribution in [0.5, 0.6) is 0 Å². The first kappa shape index (κ1) is 19.2. The number of fused-ring (bicyclic) bond motifs is 1. The number of nitrogens with zero attached hydrogens (tertiary/aromatic N) is 2. The molecule has 3 rings (SSSR count). The third-order valence-electron chi connectivity index (χ3n) is 4.53. The molecule has 2 aromatic carbocycles. The molecule has 2 N–H and O–H groups in total. The lowest BCUT2D eigenvalue weighted by atomic mass is 9.95. The Hall–Kier alpha value is -3.59. The molecule has 0 unspecified atom stereocenters. The lowest BCUT2D eigenvalue weighted by Crippen LogP contribution is -2.31. The Bertz CT molecular complexity index is 1130. The summed E-state index contributed by atoms with van der Waals surface area (Å²) in [7, 11) is 0. The standard InChI is InChI=1S/C22H21N3O3/c1-14(2)13-25-19(12-24-22(27)28)20(16-6-4-3-5-7-16)18-10-15(11-23)8-9-17(18)21(25)26/h3-10,14,24H,12-13H2,1-2H3,(H,27,28). The van der Waals surface area contributed by atoms with Crippen LogP contribution in [-0.2, 0) is 13.1 Å². The summed E-state index contributed by atoms with van der Waals surface area (Å²) in [5, 5.41) is 22.0. The number of pyridine rings is 1. The molecule has 0 aliphatic heterocycles. The summed E-state index contributed by atoms with van der Waals surface area (Å²) in [6.07, 6.45) is -1.16. The zero-order valence-corrected chi connectivity index (χ0v) is 15.8. The van der Waals surface area contributed by atoms with Gasteiger partial charge in [0.1, 0.15) is 0 Å². The highest BCUT2D eigenvalue weighted by Gasteiger charge is 2.19. The number of nitrogens with one attached hydrogen (secondary N) is 1. The molecule has 1 aromatic heterocycles. The summed E-state index contributed by atoms with van der Waals surface area (Å²) < 4.78 is 1.65. The van der Waals surface area contributed by atoms with Crippen LogP contribution < -0.4 is 10.9 Å². The maximum absolute atomic E-state index is 13.2. The predicted octanol–water partition coefficient (Wildman–Crippen LogP) is 3.96. The smallest absolute Gasteiger partial charge is 0.404 e. The van der Waals surface area contributed by atoms with Gasteiger partial charge in [-0.05, 0) is 35.1 Å². The molecule has 6 heteroatoms. The van der Waals surface area contributed by atoms with E-state index in [1.54, 1.807) is 22.8 Å². The van der Waals surface area contributed by atoms with E-state index in [1.807, 2.05) is 44.2 Å². The number of benzene rings is 2. The van der Waals surface area contributed by atoms with Gasteiger partial charge in [-0.3, -0.25) is 4.79 Å². The molecule has 0 atom stereocenters. The Morgan fingerprint density at radius 3 is 2.50 bits per heavy atom. The minimum atomic E-state index is -1.16. The molecule has 142 valence electrons. The molecule has 3 aromatic rings. The third-order valence-corrected chi connectivity index (χ3v) is 4.53. The van der Waals surface area contributed by atoms with E-state index in [1.165, 1.54) is 0 Å². The minimum Gasteiger partial charge on any atom is -0.465 e. The van der Waals surface area contributed by atoms with E-state index in [9.17, 15) is 14.9 Å². The molecule has 0 saturated heterocycles. The Morgan fingerprint density at radius 2 is 1.89 bits per heavy atom. The Kier molecular flexibility index (Phi) is 5.46. The van der Waals surface area contributed by atoms with Gasteiger partial charge in [0.2, 0.25) is 0 Å². The van der Waals surface area contributed by atoms with E-state index >= 15 is 0 Å². The maximum atomic E-state index is 13.2. The fourth-order valence-corrected chi connectivity index (χ4v) is 3.39. The fraction of sp³-hybridized carbons (Fsp3) is 0.227. The van der Waals surface area contributed by atoms with E-state index in [4.69, 9.17) is 5.11 Å². The number of rotatable bonds is 5. The highest BCUT2D eigenvalue weighted by Crippen LogP contribution is 2.31. The van der Waals surface area contributed by atoms with Gasteiger partial charge in [0.25, 0.3) is 5.56 Å². The van der Waals surface area contributed by atoms with Crippen molar-refractivity contribution in [3.63, 3.8) is 0 Å². The van der Waals surface area contributed by atoms with E-state index in [0.717, 1.165) is 11.1 Å². The Labute approximate surface area is 162 Å². The SMILES string of the molecule is CC(C)Cn1c(CNC(=O)O)c(-c2ccccc2)c2cc(C#N)ccc2c1=O. The molecule has 28 heavy (non-hydrogen) atoms. The number of aromatic nitrogens is 1. The molecule has 0 saturated carbocycles. The second-order valence-electron chi connectivity index (χ2n) is 7.03. The van der Waals surface area contributed by atoms with Gasteiger partial charge in [0, 0.05) is 23.2 Å². The van der Waals surface area contributed by atoms with E-state index in [-0.39, 0.29) is 18.0 Å². The summed E-state index contributed by atoms with van der Waals surface area (Å²) in [4.78, 5) is 24.4. The van der Waals surface area contributed by atoms with Crippen molar-refractivity contribution in [2.24, 2.45) is 5.92 Å². The van der Waals surface area contributed by atoms with Crippen LogP contribution in [0.25, 0.3) is 21.9 Å². The molecule has 0 radical (unpaired) electrons. The second kappa shape index (κ2) is 7.97. The minimum absolute atomic E-state index is 0.00571. The number of nitriles is 1. The highest BCUT2D eigenvalue weighted by molar-refractivity contribution is 5.98. The molecular formula is C22H21N3O3. The van der Waals surface area contributed by atoms with Crippen LogP contribution in [0.4, 0.5) is 4.79 Å². The average Bonchev–Trinajstić information content (AvgIpc) is 2.68. The molecular weight excluding hydrogens is 354 g/mol. The van der Waals surface area contributed by atoms with Crippen LogP contribution in [0.2, 0.25) is 0 Å². The normalized spacial score (nSPS) is 10.8. The van der Waals surface area contributed by atoms with Gasteiger partial charge < -0.3 is 15.0 Å². The Morgan fingerprint density at radius 1 is 1.18 bits per heavy atom. The summed E-state index contributed by atoms with van der Waals surface area (Å²) in [5.74, 6) is 0.195. The van der Waals surface area contributed by atoms with Gasteiger partial charge in [0.05, 0.1) is 18.2 Å². The number of amides is 1. The van der Waals surface area contributed by atoms with Crippen molar-refractivity contribution in [2.75, 3.05) is 0 Å². The molecule has 0 aliphatic carbocycles. The highest BCUT2D eigenvalue weighted by atomic mass is 16.4. The van der Waals surface area contributed by atoms with Gasteiger partial charge in [-0.1, -0.05) is 44.2 Å². The van der Waals surface area contributed by atoms with Gasteiger partial charge in [-0.15, -0.1) is 0 Å². The lowest BCUT2D eigenvalue weighted by Gasteiger charge is -2.21. The molecule has 1 heterocycles. The number of hydrogen-bond acceptors (Lipinski definition) is 3. The van der Waals surface area contributed by atoms with Gasteiger partial charge in [-0.2, -0.15) is 5.26 Å². The monoisotopic (exact) mass is 375 g/mol. The van der Waals surface area contributed by atoms with Crippen LogP contribution in [0.3, 0.4) is 0 Å². The first-order valence-corrected chi connectivity index (χ1v) is 9.04. The predicted molar refractivity (Wildman–Crippen MR) is 108 cm³/mol. The fourth-order valence-electron chi connectivity index (χ4n) is 3.39. The molecule has 0 bridgehead atoms. The zero-order valence-electron chi connectivity index (χ0n) is 15.8. The summed E-state index contributed by atoms with van der Waals surface area (Å²) in [6, 6.07) is 16.6. The third kappa shape index (κ3) is 3.74. The summed E-state index contributed by atoms with van der Waals surface area (Å²) >= 11 is 0. The van der Waals surface area contributed by atoms with Gasteiger partial charge in [0.15, 0.2) is 0 Å². The molecule has 0 spiro atoms. The second-order valence-corrected chi connectivity index (χ2v) is 7.03. The number of carboxylic acid groups (broad SMARTS) is 1. The maximum Gasteiger partial charge on any atom is 0.404 e. The van der Waals surface area contributed by atoms with Crippen molar-refractivity contribution in [1.29, 1.82) is 5.26 Å². The Balaban J connectivity index is 2.45. The van der Waals surface area contributed by atoms with Crippen LogP contribution in [-0.4, -0.2) is 15.8 Å². The van der Waals surface area contributed by atoms with Crippen LogP contribution in [0, 0.1) is 17.2 Å². The van der Waals surface area contributed by atoms with Crippen molar-refractivity contribution in [2.45, 2.75) is 26.9 Å². The van der Waals surface area contributed by atoms with Crippen molar-refractivity contribution in [3.05, 3.63) is 70.1 Å². The molecule has 0 aliphatic rings. The zero-order chi connectivity index (χ0) is 20.3. The topological polar surface area (TPSA) is 95.1 Å². The van der Waals surface area contributed by atoms with Crippen LogP contribution in [0.15, 0.2) is 53.3 Å². The molecule has 1 amide bonds. The lowest BCUT2D eigenvalue weighted by molar-refractivity contribution is 0.193. The van der Waals surface area contributed by atoms with E-state index in [2.05, 4.69) is 11.4 Å². The van der Waals surface area contributed by atoms with E-state index in [0.29, 0.717) is 28.6 Å². The molecule has 6 nitrogen and oxygen atoms in total. The first-order chi connectivity index (χ1) is 13.4. The van der Waals surface area contributed by atoms with Crippen molar-refractivity contribution in [1.82, 2.24) is 9.88 Å². The average molecular weight is 375 g/mol. The van der Waals surface area contributed by atoms with Crippen LogP contribution >= 0.6 is 0 Å². The van der Waals surface area contributed by atoms with Crippen LogP contribution in [0.1, 0.15) is 25.1 Å². The van der Waals surface area contributed by atoms with Crippen molar-refractivity contribution < 1.29 is 9.90 Å². The number of hydrogen-bond donors (Lipinski definition) is 2. The first-order valence-electron chi connectivity index (χ1n) is 9.04. The van der Waals surface area contributed by atoms with Gasteiger partial charge >= 0.3 is 6.09 Å². The van der Waals surface area contributed by atoms with Crippen molar-refractivity contribution in [3.8, 4) is 17.2 Å². The van der Waals surface area contributed by atoms with Gasteiger partial charge in [-0.25, -0.2) is 4.79 Å². The van der Waals surface area contributed by atoms with Crippen molar-refractivity contribution >= 4 is 16.9 Å². The largest absolute Gasteiger partial charge is 0.465 e. The molecule has 0 fully saturated rings. The van der Waals surface area contributed by atoms with E-state index < -0.39 is 6.09 Å². The number of carbonyl (C=O) groups is 1. The summed E-state index contributed by atoms with van der Waals surface area (Å²) in [5.41, 5.74) is 2.48. The quantitative estimate of drug-likeness (QED) is 0.705.